The first-order chi connectivity index (χ1) is 13.3. The number of benzene rings is 1. The second-order valence-electron chi connectivity index (χ2n) is 6.32. The molecule has 0 spiro atoms. The van der Waals surface area contributed by atoms with E-state index in [2.05, 4.69) is 33.6 Å². The van der Waals surface area contributed by atoms with Gasteiger partial charge in [-0.3, -0.25) is 9.88 Å². The Hall–Kier alpha value is -2.86. The Kier molecular flexibility index (Phi) is 5.34. The van der Waals surface area contributed by atoms with Crippen molar-refractivity contribution in [3.05, 3.63) is 60.5 Å². The molecule has 0 amide bonds. The molecule has 5 nitrogen and oxygen atoms in total. The Morgan fingerprint density at radius 3 is 3.04 bits per heavy atom. The maximum atomic E-state index is 5.87. The van der Waals surface area contributed by atoms with Crippen LogP contribution in [0.25, 0.3) is 11.3 Å². The number of fused-ring (bicyclic) bond motifs is 1. The second-order valence-corrected chi connectivity index (χ2v) is 7.16. The summed E-state index contributed by atoms with van der Waals surface area (Å²) in [7, 11) is 0. The highest BCUT2D eigenvalue weighted by molar-refractivity contribution is 7.14. The Labute approximate surface area is 163 Å². The highest BCUT2D eigenvalue weighted by atomic mass is 32.1. The Balaban J connectivity index is 1.53. The highest BCUT2D eigenvalue weighted by Gasteiger charge is 2.18. The first-order valence-corrected chi connectivity index (χ1v) is 10.1. The fourth-order valence-electron chi connectivity index (χ4n) is 2.94. The van der Waals surface area contributed by atoms with Crippen LogP contribution >= 0.6 is 11.3 Å². The summed E-state index contributed by atoms with van der Waals surface area (Å²) >= 11 is 1.61. The average Bonchev–Trinajstić information content (AvgIpc) is 3.21. The van der Waals surface area contributed by atoms with Crippen LogP contribution in [0.15, 0.2) is 60.5 Å². The lowest BCUT2D eigenvalue weighted by Crippen LogP contribution is -2.15. The van der Waals surface area contributed by atoms with Gasteiger partial charge in [-0.1, -0.05) is 19.8 Å². The number of unbranched alkanes of at least 4 members (excludes halogenated alkanes) is 2. The minimum absolute atomic E-state index is 0.757. The molecule has 2 aromatic heterocycles. The monoisotopic (exact) mass is 378 g/mol. The zero-order valence-corrected chi connectivity index (χ0v) is 16.1. The third kappa shape index (κ3) is 3.95. The van der Waals surface area contributed by atoms with Crippen LogP contribution in [0, 0.1) is 0 Å². The molecule has 0 saturated carbocycles. The van der Waals surface area contributed by atoms with Crippen molar-refractivity contribution in [2.24, 2.45) is 0 Å². The number of anilines is 3. The molecule has 0 saturated heterocycles. The van der Waals surface area contributed by atoms with E-state index >= 15 is 0 Å². The van der Waals surface area contributed by atoms with Gasteiger partial charge >= 0.3 is 0 Å². The Morgan fingerprint density at radius 2 is 2.19 bits per heavy atom. The van der Waals surface area contributed by atoms with Gasteiger partial charge in [0, 0.05) is 41.8 Å². The van der Waals surface area contributed by atoms with Crippen LogP contribution in [-0.2, 0) is 0 Å². The van der Waals surface area contributed by atoms with Crippen molar-refractivity contribution in [1.82, 2.24) is 9.97 Å². The Morgan fingerprint density at radius 1 is 1.22 bits per heavy atom. The first-order valence-electron chi connectivity index (χ1n) is 9.20. The van der Waals surface area contributed by atoms with Gasteiger partial charge in [0.25, 0.3) is 0 Å². The van der Waals surface area contributed by atoms with Crippen LogP contribution in [0.2, 0.25) is 0 Å². The van der Waals surface area contributed by atoms with Crippen molar-refractivity contribution in [1.29, 1.82) is 0 Å². The lowest BCUT2D eigenvalue weighted by Gasteiger charge is -2.25. The molecule has 3 aromatic rings. The van der Waals surface area contributed by atoms with Crippen molar-refractivity contribution < 1.29 is 4.74 Å². The second kappa shape index (κ2) is 8.22. The van der Waals surface area contributed by atoms with Crippen LogP contribution in [0.5, 0.6) is 5.75 Å². The number of nitrogens with zero attached hydrogens (tertiary/aromatic N) is 3. The van der Waals surface area contributed by atoms with E-state index in [1.807, 2.05) is 42.9 Å². The van der Waals surface area contributed by atoms with Crippen molar-refractivity contribution in [3.8, 4) is 17.0 Å². The molecule has 0 radical (unpaired) electrons. The van der Waals surface area contributed by atoms with E-state index in [1.165, 1.54) is 12.8 Å². The van der Waals surface area contributed by atoms with Crippen LogP contribution < -0.4 is 15.0 Å². The van der Waals surface area contributed by atoms with Gasteiger partial charge in [0.2, 0.25) is 0 Å². The predicted molar refractivity (Wildman–Crippen MR) is 112 cm³/mol. The summed E-state index contributed by atoms with van der Waals surface area (Å²) in [5, 5.41) is 6.29. The summed E-state index contributed by atoms with van der Waals surface area (Å²) in [6.07, 6.45) is 11.0. The van der Waals surface area contributed by atoms with Crippen LogP contribution in [0.1, 0.15) is 26.2 Å². The molecule has 4 rings (SSSR count). The summed E-state index contributed by atoms with van der Waals surface area (Å²) in [5.41, 5.74) is 4.04. The molecule has 0 bridgehead atoms. The highest BCUT2D eigenvalue weighted by Crippen LogP contribution is 2.39. The molecule has 1 aliphatic heterocycles. The minimum atomic E-state index is 0.757. The zero-order chi connectivity index (χ0) is 18.5. The maximum Gasteiger partial charge on any atom is 0.194 e. The molecule has 0 aliphatic carbocycles. The van der Waals surface area contributed by atoms with E-state index in [0.717, 1.165) is 46.5 Å². The van der Waals surface area contributed by atoms with Crippen LogP contribution in [-0.4, -0.2) is 16.6 Å². The van der Waals surface area contributed by atoms with Crippen LogP contribution in [0.3, 0.4) is 0 Å². The molecule has 1 N–H and O–H groups in total. The van der Waals surface area contributed by atoms with Gasteiger partial charge in [0.15, 0.2) is 5.13 Å². The van der Waals surface area contributed by atoms with Crippen molar-refractivity contribution >= 4 is 27.8 Å². The van der Waals surface area contributed by atoms with E-state index in [-0.39, 0.29) is 0 Å². The zero-order valence-electron chi connectivity index (χ0n) is 15.3. The van der Waals surface area contributed by atoms with E-state index in [0.29, 0.717) is 0 Å². The van der Waals surface area contributed by atoms with Gasteiger partial charge in [-0.05, 0) is 30.7 Å². The minimum Gasteiger partial charge on any atom is -0.494 e. The fourth-order valence-corrected chi connectivity index (χ4v) is 3.77. The fraction of sp³-hybridized carbons (Fsp3) is 0.238. The van der Waals surface area contributed by atoms with Crippen molar-refractivity contribution in [2.45, 2.75) is 26.2 Å². The SMILES string of the molecule is CCCCCOc1ccc2c(c1)NC=CN2c1nc(-c2cccnc2)cs1. The Bertz CT molecular complexity index is 923. The molecule has 1 aliphatic rings. The first kappa shape index (κ1) is 17.5. The number of rotatable bonds is 7. The summed E-state index contributed by atoms with van der Waals surface area (Å²) in [6.45, 7) is 2.95. The molecular formula is C21H22N4OS. The number of ether oxygens (including phenoxy) is 1. The van der Waals surface area contributed by atoms with Gasteiger partial charge < -0.3 is 10.1 Å². The topological polar surface area (TPSA) is 50.3 Å². The molecular weight excluding hydrogens is 356 g/mol. The molecule has 0 fully saturated rings. The largest absolute Gasteiger partial charge is 0.494 e. The molecule has 0 atom stereocenters. The third-order valence-electron chi connectivity index (χ3n) is 4.36. The number of hydrogen-bond donors (Lipinski definition) is 1. The number of aromatic nitrogens is 2. The number of hydrogen-bond acceptors (Lipinski definition) is 6. The van der Waals surface area contributed by atoms with E-state index < -0.39 is 0 Å². The predicted octanol–water partition coefficient (Wildman–Crippen LogP) is 5.81. The lowest BCUT2D eigenvalue weighted by molar-refractivity contribution is 0.306. The third-order valence-corrected chi connectivity index (χ3v) is 5.20. The molecule has 3 heterocycles. The van der Waals surface area contributed by atoms with Crippen LogP contribution in [0.4, 0.5) is 16.5 Å². The van der Waals surface area contributed by atoms with E-state index in [4.69, 9.17) is 9.72 Å². The standard InChI is InChI=1S/C21H22N4OS/c1-2-3-4-12-26-17-7-8-20-18(13-17)23-10-11-25(20)21-24-19(15-27-21)16-6-5-9-22-14-16/h5-11,13-15,23H,2-4,12H2,1H3. The van der Waals surface area contributed by atoms with E-state index in [1.54, 1.807) is 17.5 Å². The molecule has 1 aromatic carbocycles. The summed E-state index contributed by atoms with van der Waals surface area (Å²) < 4.78 is 5.87. The maximum absolute atomic E-state index is 5.87. The average molecular weight is 379 g/mol. The molecule has 6 heteroatoms. The molecule has 0 unspecified atom stereocenters. The van der Waals surface area contributed by atoms with Gasteiger partial charge in [-0.2, -0.15) is 0 Å². The van der Waals surface area contributed by atoms with Gasteiger partial charge in [-0.15, -0.1) is 11.3 Å². The summed E-state index contributed by atoms with van der Waals surface area (Å²) in [4.78, 5) is 11.1. The number of thiazole rings is 1. The summed E-state index contributed by atoms with van der Waals surface area (Å²) in [5.74, 6) is 0.891. The van der Waals surface area contributed by atoms with Crippen molar-refractivity contribution in [3.63, 3.8) is 0 Å². The normalized spacial score (nSPS) is 12.6. The molecule has 27 heavy (non-hydrogen) atoms. The van der Waals surface area contributed by atoms with Gasteiger partial charge in [-0.25, -0.2) is 4.98 Å². The number of nitrogens with one attached hydrogen (secondary N) is 1. The molecule has 138 valence electrons. The van der Waals surface area contributed by atoms with E-state index in [9.17, 15) is 0 Å². The lowest BCUT2D eigenvalue weighted by atomic mass is 10.2. The number of pyridine rings is 1. The van der Waals surface area contributed by atoms with Crippen molar-refractivity contribution in [2.75, 3.05) is 16.8 Å². The van der Waals surface area contributed by atoms with Gasteiger partial charge in [0.1, 0.15) is 5.75 Å². The smallest absolute Gasteiger partial charge is 0.194 e. The summed E-state index contributed by atoms with van der Waals surface area (Å²) in [6, 6.07) is 10.1. The quantitative estimate of drug-likeness (QED) is 0.526. The van der Waals surface area contributed by atoms with Gasteiger partial charge in [0.05, 0.1) is 23.7 Å².